The van der Waals surface area contributed by atoms with E-state index in [1.54, 1.807) is 14.2 Å². The molecule has 0 radical (unpaired) electrons. The second-order valence-corrected chi connectivity index (χ2v) is 8.39. The zero-order chi connectivity index (χ0) is 20.4. The van der Waals surface area contributed by atoms with Gasteiger partial charge >= 0.3 is 0 Å². The zero-order valence-electron chi connectivity index (χ0n) is 16.5. The molecule has 2 aromatic rings. The monoisotopic (exact) mass is 412 g/mol. The number of hydrogen-bond acceptors (Lipinski definition) is 5. The number of ether oxygens (including phenoxy) is 2. The van der Waals surface area contributed by atoms with Crippen LogP contribution in [0.2, 0.25) is 0 Å². The first-order chi connectivity index (χ1) is 14.1. The Morgan fingerprint density at radius 1 is 1.21 bits per heavy atom. The van der Waals surface area contributed by atoms with Gasteiger partial charge in [-0.15, -0.1) is 11.8 Å². The van der Waals surface area contributed by atoms with Crippen LogP contribution in [0.4, 0.5) is 5.69 Å². The Bertz CT molecular complexity index is 933. The lowest BCUT2D eigenvalue weighted by Gasteiger charge is -2.29. The molecule has 4 rings (SSSR count). The summed E-state index contributed by atoms with van der Waals surface area (Å²) in [6, 6.07) is 13.3. The van der Waals surface area contributed by atoms with Crippen LogP contribution < -0.4 is 14.8 Å². The van der Waals surface area contributed by atoms with Gasteiger partial charge in [0.05, 0.1) is 31.2 Å². The first kappa shape index (κ1) is 19.6. The molecule has 29 heavy (non-hydrogen) atoms. The lowest BCUT2D eigenvalue weighted by atomic mass is 10.0. The normalized spacial score (nSPS) is 20.8. The number of fused-ring (bicyclic) bond motifs is 1. The molecule has 152 valence electrons. The summed E-state index contributed by atoms with van der Waals surface area (Å²) in [6.45, 7) is 0.689. The molecule has 7 heteroatoms. The molecule has 2 atom stereocenters. The lowest BCUT2D eigenvalue weighted by molar-refractivity contribution is -0.133. The van der Waals surface area contributed by atoms with Crippen molar-refractivity contribution in [1.29, 1.82) is 0 Å². The molecule has 2 aliphatic heterocycles. The van der Waals surface area contributed by atoms with Crippen molar-refractivity contribution >= 4 is 29.3 Å². The summed E-state index contributed by atoms with van der Waals surface area (Å²) >= 11 is 1.46. The van der Waals surface area contributed by atoms with Gasteiger partial charge in [0, 0.05) is 29.5 Å². The maximum Gasteiger partial charge on any atom is 0.238 e. The van der Waals surface area contributed by atoms with E-state index in [4.69, 9.17) is 9.47 Å². The molecular weight excluding hydrogens is 388 g/mol. The number of carbonyl (C=O) groups excluding carboxylic acids is 2. The van der Waals surface area contributed by atoms with Crippen molar-refractivity contribution in [3.63, 3.8) is 0 Å². The predicted octanol–water partition coefficient (Wildman–Crippen LogP) is 3.87. The van der Waals surface area contributed by atoms with Gasteiger partial charge in [-0.2, -0.15) is 0 Å². The first-order valence-electron chi connectivity index (χ1n) is 9.68. The van der Waals surface area contributed by atoms with Crippen molar-refractivity contribution in [2.24, 2.45) is 0 Å². The Balaban J connectivity index is 1.51. The summed E-state index contributed by atoms with van der Waals surface area (Å²) in [6.07, 6.45) is 1.99. The maximum absolute atomic E-state index is 13.1. The molecule has 2 aliphatic rings. The number of para-hydroxylation sites is 1. The van der Waals surface area contributed by atoms with Crippen molar-refractivity contribution in [1.82, 2.24) is 4.90 Å². The summed E-state index contributed by atoms with van der Waals surface area (Å²) in [5.74, 6) is 1.32. The fourth-order valence-corrected chi connectivity index (χ4v) is 5.09. The van der Waals surface area contributed by atoms with Gasteiger partial charge in [-0.05, 0) is 37.1 Å². The number of anilines is 1. The van der Waals surface area contributed by atoms with Gasteiger partial charge in [0.2, 0.25) is 11.8 Å². The van der Waals surface area contributed by atoms with Crippen LogP contribution >= 0.6 is 11.8 Å². The number of carbonyl (C=O) groups is 2. The van der Waals surface area contributed by atoms with E-state index in [0.717, 1.165) is 34.7 Å². The van der Waals surface area contributed by atoms with E-state index in [2.05, 4.69) is 5.32 Å². The topological polar surface area (TPSA) is 67.9 Å². The minimum atomic E-state index is -0.420. The molecule has 0 aromatic heterocycles. The Morgan fingerprint density at radius 2 is 2.03 bits per heavy atom. The van der Waals surface area contributed by atoms with Gasteiger partial charge in [-0.3, -0.25) is 9.59 Å². The average Bonchev–Trinajstić information content (AvgIpc) is 3.23. The van der Waals surface area contributed by atoms with E-state index in [1.165, 1.54) is 11.8 Å². The number of rotatable bonds is 5. The van der Waals surface area contributed by atoms with Crippen molar-refractivity contribution in [3.8, 4) is 11.5 Å². The van der Waals surface area contributed by atoms with Crippen molar-refractivity contribution in [3.05, 3.63) is 48.0 Å². The molecule has 2 aromatic carbocycles. The fraction of sp³-hybridized carbons (Fsp3) is 0.364. The molecule has 0 bridgehead atoms. The summed E-state index contributed by atoms with van der Waals surface area (Å²) < 4.78 is 10.8. The smallest absolute Gasteiger partial charge is 0.238 e. The average molecular weight is 413 g/mol. The predicted molar refractivity (Wildman–Crippen MR) is 113 cm³/mol. The zero-order valence-corrected chi connectivity index (χ0v) is 17.3. The summed E-state index contributed by atoms with van der Waals surface area (Å²) in [7, 11) is 3.24. The van der Waals surface area contributed by atoms with Gasteiger partial charge in [0.25, 0.3) is 0 Å². The third kappa shape index (κ3) is 3.92. The summed E-state index contributed by atoms with van der Waals surface area (Å²) in [5, 5.41) is 2.50. The van der Waals surface area contributed by atoms with Gasteiger partial charge in [0.15, 0.2) is 0 Å². The van der Waals surface area contributed by atoms with Crippen LogP contribution in [0.1, 0.15) is 30.9 Å². The van der Waals surface area contributed by atoms with Gasteiger partial charge in [-0.25, -0.2) is 0 Å². The van der Waals surface area contributed by atoms with E-state index >= 15 is 0 Å². The SMILES string of the molecule is COc1ccc([C@@H]2CCCN2C(=O)C[C@H]2Sc3ccccc3NC2=O)c(OC)c1. The Kier molecular flexibility index (Phi) is 5.67. The highest BCUT2D eigenvalue weighted by molar-refractivity contribution is 8.01. The molecule has 0 saturated carbocycles. The molecule has 0 aliphatic carbocycles. The lowest BCUT2D eigenvalue weighted by Crippen LogP contribution is -2.37. The van der Waals surface area contributed by atoms with Crippen LogP contribution in [-0.4, -0.2) is 42.7 Å². The molecule has 0 spiro atoms. The standard InChI is InChI=1S/C22H24N2O4S/c1-27-14-9-10-15(18(12-14)28-2)17-7-5-11-24(17)21(25)13-20-22(26)23-16-6-3-4-8-19(16)29-20/h3-4,6,8-10,12,17,20H,5,7,11,13H2,1-2H3,(H,23,26)/t17-,20+/m0/s1. The van der Waals surface area contributed by atoms with E-state index < -0.39 is 5.25 Å². The number of hydrogen-bond donors (Lipinski definition) is 1. The van der Waals surface area contributed by atoms with E-state index in [0.29, 0.717) is 12.3 Å². The Hall–Kier alpha value is -2.67. The van der Waals surface area contributed by atoms with Crippen LogP contribution in [0, 0.1) is 0 Å². The van der Waals surface area contributed by atoms with Gasteiger partial charge in [-0.1, -0.05) is 12.1 Å². The number of nitrogens with zero attached hydrogens (tertiary/aromatic N) is 1. The fourth-order valence-electron chi connectivity index (χ4n) is 3.99. The first-order valence-corrected chi connectivity index (χ1v) is 10.6. The minimum Gasteiger partial charge on any atom is -0.497 e. The van der Waals surface area contributed by atoms with Crippen LogP contribution in [0.3, 0.4) is 0 Å². The summed E-state index contributed by atoms with van der Waals surface area (Å²) in [5.41, 5.74) is 1.79. The van der Waals surface area contributed by atoms with E-state index in [9.17, 15) is 9.59 Å². The quantitative estimate of drug-likeness (QED) is 0.807. The Morgan fingerprint density at radius 3 is 2.83 bits per heavy atom. The third-order valence-electron chi connectivity index (χ3n) is 5.44. The molecule has 1 N–H and O–H groups in total. The van der Waals surface area contributed by atoms with Crippen molar-refractivity contribution in [2.45, 2.75) is 35.4 Å². The third-order valence-corrected chi connectivity index (χ3v) is 6.71. The molecule has 1 fully saturated rings. The second kappa shape index (κ2) is 8.37. The number of amides is 2. The van der Waals surface area contributed by atoms with E-state index in [1.807, 2.05) is 47.4 Å². The van der Waals surface area contributed by atoms with Crippen LogP contribution in [-0.2, 0) is 9.59 Å². The number of methoxy groups -OCH3 is 2. The second-order valence-electron chi connectivity index (χ2n) is 7.15. The summed E-state index contributed by atoms with van der Waals surface area (Å²) in [4.78, 5) is 28.5. The van der Waals surface area contributed by atoms with Gasteiger partial charge < -0.3 is 19.7 Å². The maximum atomic E-state index is 13.1. The van der Waals surface area contributed by atoms with Crippen molar-refractivity contribution in [2.75, 3.05) is 26.1 Å². The molecule has 2 heterocycles. The number of nitrogens with one attached hydrogen (secondary N) is 1. The number of benzene rings is 2. The molecule has 1 saturated heterocycles. The Labute approximate surface area is 174 Å². The number of thioether (sulfide) groups is 1. The minimum absolute atomic E-state index is 0.00241. The van der Waals surface area contributed by atoms with E-state index in [-0.39, 0.29) is 24.3 Å². The highest BCUT2D eigenvalue weighted by atomic mass is 32.2. The molecular formula is C22H24N2O4S. The van der Waals surface area contributed by atoms with Crippen molar-refractivity contribution < 1.29 is 19.1 Å². The van der Waals surface area contributed by atoms with Gasteiger partial charge in [0.1, 0.15) is 11.5 Å². The highest BCUT2D eigenvalue weighted by Gasteiger charge is 2.36. The van der Waals surface area contributed by atoms with Crippen LogP contribution in [0.25, 0.3) is 0 Å². The highest BCUT2D eigenvalue weighted by Crippen LogP contribution is 2.41. The number of likely N-dealkylation sites (tertiary alicyclic amines) is 1. The molecule has 2 amide bonds. The molecule has 6 nitrogen and oxygen atoms in total. The van der Waals surface area contributed by atoms with Crippen LogP contribution in [0.15, 0.2) is 47.4 Å². The molecule has 0 unspecified atom stereocenters. The van der Waals surface area contributed by atoms with Crippen LogP contribution in [0.5, 0.6) is 11.5 Å². The largest absolute Gasteiger partial charge is 0.497 e.